The highest BCUT2D eigenvalue weighted by Gasteiger charge is 2.41. The minimum Gasteiger partial charge on any atom is -0.489 e. The van der Waals surface area contributed by atoms with E-state index in [2.05, 4.69) is 10.6 Å². The summed E-state index contributed by atoms with van der Waals surface area (Å²) in [6, 6.07) is 18.0. The molecule has 1 heterocycles. The van der Waals surface area contributed by atoms with Crippen molar-refractivity contribution in [2.45, 2.75) is 44.6 Å². The summed E-state index contributed by atoms with van der Waals surface area (Å²) in [6.45, 7) is 1.85. The van der Waals surface area contributed by atoms with Gasteiger partial charge in [0.05, 0.1) is 0 Å². The molecule has 3 aromatic carbocycles. The van der Waals surface area contributed by atoms with E-state index in [-0.39, 0.29) is 19.8 Å². The third-order valence-electron chi connectivity index (χ3n) is 6.37. The zero-order chi connectivity index (χ0) is 28.6. The first kappa shape index (κ1) is 29.4. The molecule has 210 valence electrons. The number of ether oxygens (including phenoxy) is 3. The van der Waals surface area contributed by atoms with E-state index in [0.717, 1.165) is 5.56 Å². The van der Waals surface area contributed by atoms with Crippen LogP contribution in [0.25, 0.3) is 0 Å². The molecule has 1 fully saturated rings. The maximum absolute atomic E-state index is 13.0. The van der Waals surface area contributed by atoms with Crippen molar-refractivity contribution >= 4 is 46.7 Å². The monoisotopic (exact) mass is 586 g/mol. The predicted octanol–water partition coefficient (Wildman–Crippen LogP) is 4.63. The van der Waals surface area contributed by atoms with E-state index in [1.165, 1.54) is 0 Å². The van der Waals surface area contributed by atoms with Gasteiger partial charge in [-0.05, 0) is 47.9 Å². The van der Waals surface area contributed by atoms with E-state index >= 15 is 0 Å². The Bertz CT molecular complexity index is 1350. The molecule has 9 nitrogen and oxygen atoms in total. The van der Waals surface area contributed by atoms with Gasteiger partial charge in [-0.1, -0.05) is 66.5 Å². The molecule has 0 aliphatic carbocycles. The molecule has 0 radical (unpaired) electrons. The number of amides is 2. The molecular formula is C29H28Cl2N2O7. The Balaban J connectivity index is 1.35. The minimum absolute atomic E-state index is 0.00793. The Morgan fingerprint density at radius 2 is 1.60 bits per heavy atom. The third-order valence-corrected chi connectivity index (χ3v) is 7.07. The Labute approximate surface area is 241 Å². The zero-order valence-electron chi connectivity index (χ0n) is 21.6. The van der Waals surface area contributed by atoms with Crippen LogP contribution in [0.3, 0.4) is 0 Å². The number of benzene rings is 3. The second-order valence-corrected chi connectivity index (χ2v) is 9.84. The van der Waals surface area contributed by atoms with Gasteiger partial charge in [-0.2, -0.15) is 0 Å². The van der Waals surface area contributed by atoms with Gasteiger partial charge < -0.3 is 30.0 Å². The number of nitrogens with one attached hydrogen (secondary N) is 2. The maximum atomic E-state index is 13.0. The van der Waals surface area contributed by atoms with Crippen LogP contribution >= 0.6 is 23.2 Å². The number of hydrogen-bond donors (Lipinski definition) is 3. The maximum Gasteiger partial charge on any atom is 0.326 e. The van der Waals surface area contributed by atoms with Crippen molar-refractivity contribution in [2.75, 3.05) is 12.1 Å². The summed E-state index contributed by atoms with van der Waals surface area (Å²) < 4.78 is 16.5. The fourth-order valence-electron chi connectivity index (χ4n) is 4.18. The van der Waals surface area contributed by atoms with Crippen LogP contribution in [0.4, 0.5) is 5.69 Å². The number of anilines is 1. The van der Waals surface area contributed by atoms with Crippen molar-refractivity contribution in [3.05, 3.63) is 93.5 Å². The lowest BCUT2D eigenvalue weighted by Gasteiger charge is -2.20. The first-order valence-electron chi connectivity index (χ1n) is 12.6. The van der Waals surface area contributed by atoms with Gasteiger partial charge in [0.1, 0.15) is 25.2 Å². The first-order chi connectivity index (χ1) is 19.3. The lowest BCUT2D eigenvalue weighted by molar-refractivity contribution is -0.144. The molecule has 0 bridgehead atoms. The molecule has 1 aliphatic heterocycles. The smallest absolute Gasteiger partial charge is 0.326 e. The van der Waals surface area contributed by atoms with Gasteiger partial charge >= 0.3 is 5.97 Å². The van der Waals surface area contributed by atoms with Crippen molar-refractivity contribution in [1.82, 2.24) is 5.32 Å². The van der Waals surface area contributed by atoms with Crippen LogP contribution in [-0.4, -0.2) is 47.9 Å². The van der Waals surface area contributed by atoms with E-state index in [4.69, 9.17) is 37.4 Å². The van der Waals surface area contributed by atoms with Gasteiger partial charge in [-0.3, -0.25) is 9.59 Å². The highest BCUT2D eigenvalue weighted by atomic mass is 35.5. The van der Waals surface area contributed by atoms with Crippen LogP contribution in [0.5, 0.6) is 5.75 Å². The van der Waals surface area contributed by atoms with E-state index in [1.54, 1.807) is 54.6 Å². The number of hydrogen-bond acceptors (Lipinski definition) is 6. The number of carbonyl (C=O) groups excluding carboxylic acids is 2. The molecule has 1 aliphatic rings. The van der Waals surface area contributed by atoms with Crippen LogP contribution in [-0.2, 0) is 43.3 Å². The Morgan fingerprint density at radius 1 is 0.950 bits per heavy atom. The van der Waals surface area contributed by atoms with Gasteiger partial charge in [-0.15, -0.1) is 0 Å². The zero-order valence-corrected chi connectivity index (χ0v) is 23.1. The van der Waals surface area contributed by atoms with E-state index in [1.807, 2.05) is 19.1 Å². The summed E-state index contributed by atoms with van der Waals surface area (Å²) >= 11 is 12.4. The lowest BCUT2D eigenvalue weighted by atomic mass is 10.0. The van der Waals surface area contributed by atoms with Crippen LogP contribution in [0.1, 0.15) is 23.6 Å². The Kier molecular flexibility index (Phi) is 10.0. The molecule has 1 saturated heterocycles. The highest BCUT2D eigenvalue weighted by Crippen LogP contribution is 2.26. The Hall–Kier alpha value is -3.63. The van der Waals surface area contributed by atoms with E-state index in [9.17, 15) is 19.5 Å². The van der Waals surface area contributed by atoms with Crippen molar-refractivity contribution in [3.63, 3.8) is 0 Å². The number of aryl methyl sites for hydroxylation is 1. The molecule has 2 amide bonds. The fraction of sp³-hybridized carbons (Fsp3) is 0.276. The minimum atomic E-state index is -1.30. The van der Waals surface area contributed by atoms with Crippen molar-refractivity contribution < 1.29 is 33.7 Å². The van der Waals surface area contributed by atoms with Gasteiger partial charge in [0.2, 0.25) is 0 Å². The third kappa shape index (κ3) is 7.31. The van der Waals surface area contributed by atoms with Crippen LogP contribution in [0.2, 0.25) is 10.0 Å². The fourth-order valence-corrected chi connectivity index (χ4v) is 4.69. The molecule has 0 unspecified atom stereocenters. The van der Waals surface area contributed by atoms with Crippen LogP contribution in [0.15, 0.2) is 66.7 Å². The summed E-state index contributed by atoms with van der Waals surface area (Å²) in [7, 11) is 0. The summed E-state index contributed by atoms with van der Waals surface area (Å²) in [4.78, 5) is 37.8. The highest BCUT2D eigenvalue weighted by molar-refractivity contribution is 6.35. The molecule has 3 aromatic rings. The largest absolute Gasteiger partial charge is 0.489 e. The standard InChI is InChI=1S/C29H28Cl2N2O7/c1-2-18-6-3-4-9-23(18)32-27(34)25-26(40-16-39-25)28(35)33-24(29(36)37)14-17-10-12-19(13-11-17)38-15-20-21(30)7-5-8-22(20)31/h3-13,24-26H,2,14-16H2,1H3,(H,32,34)(H,33,35)(H,36,37)/t24-,25+,26+/m0/s1. The topological polar surface area (TPSA) is 123 Å². The van der Waals surface area contributed by atoms with Crippen molar-refractivity contribution in [2.24, 2.45) is 0 Å². The summed E-state index contributed by atoms with van der Waals surface area (Å²) in [6.07, 6.45) is -1.84. The molecular weight excluding hydrogens is 559 g/mol. The number of para-hydroxylation sites is 1. The van der Waals surface area contributed by atoms with E-state index < -0.39 is 36.0 Å². The normalized spacial score (nSPS) is 17.2. The quantitative estimate of drug-likeness (QED) is 0.299. The molecule has 4 rings (SSSR count). The average Bonchev–Trinajstić information content (AvgIpc) is 3.44. The van der Waals surface area contributed by atoms with Gasteiger partial charge in [0.25, 0.3) is 11.8 Å². The number of carboxylic acids is 1. The summed E-state index contributed by atoms with van der Waals surface area (Å²) in [5.74, 6) is -2.02. The second-order valence-electron chi connectivity index (χ2n) is 9.03. The molecule has 0 saturated carbocycles. The van der Waals surface area contributed by atoms with E-state index in [0.29, 0.717) is 39.0 Å². The lowest BCUT2D eigenvalue weighted by Crippen LogP contribution is -2.51. The van der Waals surface area contributed by atoms with Gasteiger partial charge in [-0.25, -0.2) is 4.79 Å². The SMILES string of the molecule is CCc1ccccc1NC(=O)[C@@H]1OCO[C@H]1C(=O)N[C@@H](Cc1ccc(OCc2c(Cl)cccc2Cl)cc1)C(=O)O. The molecule has 3 atom stereocenters. The number of halogens is 2. The number of carboxylic acid groups (broad SMARTS) is 1. The van der Waals surface area contributed by atoms with Crippen LogP contribution < -0.4 is 15.4 Å². The molecule has 0 aromatic heterocycles. The summed E-state index contributed by atoms with van der Waals surface area (Å²) in [5.41, 5.74) is 2.83. The predicted molar refractivity (Wildman–Crippen MR) is 150 cm³/mol. The molecule has 11 heteroatoms. The molecule has 0 spiro atoms. The Morgan fingerprint density at radius 3 is 2.25 bits per heavy atom. The second kappa shape index (κ2) is 13.6. The average molecular weight is 587 g/mol. The van der Waals surface area contributed by atoms with Crippen molar-refractivity contribution in [3.8, 4) is 5.75 Å². The molecule has 40 heavy (non-hydrogen) atoms. The number of rotatable bonds is 11. The molecule has 3 N–H and O–H groups in total. The first-order valence-corrected chi connectivity index (χ1v) is 13.3. The van der Waals surface area contributed by atoms with Crippen LogP contribution in [0, 0.1) is 0 Å². The van der Waals surface area contributed by atoms with Gasteiger partial charge in [0.15, 0.2) is 12.2 Å². The number of carbonyl (C=O) groups is 3. The number of aliphatic carboxylic acids is 1. The van der Waals surface area contributed by atoms with Crippen molar-refractivity contribution in [1.29, 1.82) is 0 Å². The summed E-state index contributed by atoms with van der Waals surface area (Å²) in [5, 5.41) is 16.0. The van der Waals surface area contributed by atoms with Gasteiger partial charge in [0, 0.05) is 27.7 Å².